The summed E-state index contributed by atoms with van der Waals surface area (Å²) in [5.74, 6) is -0.339. The van der Waals surface area contributed by atoms with E-state index in [0.29, 0.717) is 12.2 Å². The second kappa shape index (κ2) is 7.12. The minimum Gasteiger partial charge on any atom is -0.478 e. The number of aliphatic carboxylic acids is 1. The van der Waals surface area contributed by atoms with Crippen molar-refractivity contribution in [3.05, 3.63) is 64.7 Å². The average molecular weight is 298 g/mol. The highest BCUT2D eigenvalue weighted by Crippen LogP contribution is 2.19. The topological polar surface area (TPSA) is 46.5 Å². The van der Waals surface area contributed by atoms with Crippen LogP contribution < -0.4 is 4.74 Å². The van der Waals surface area contributed by atoms with Crippen LogP contribution >= 0.6 is 0 Å². The molecule has 0 aliphatic carbocycles. The third-order valence-corrected chi connectivity index (χ3v) is 3.60. The van der Waals surface area contributed by atoms with Crippen molar-refractivity contribution in [1.82, 2.24) is 0 Å². The van der Waals surface area contributed by atoms with Crippen LogP contribution in [0.25, 0.3) is 0 Å². The quantitative estimate of drug-likeness (QED) is 0.878. The van der Waals surface area contributed by atoms with Gasteiger partial charge in [0.15, 0.2) is 6.10 Å². The van der Waals surface area contributed by atoms with Crippen LogP contribution in [0.4, 0.5) is 0 Å². The Morgan fingerprint density at radius 3 is 2.09 bits per heavy atom. The van der Waals surface area contributed by atoms with Crippen molar-refractivity contribution in [2.45, 2.75) is 39.7 Å². The Kier molecular flexibility index (Phi) is 5.21. The Labute approximate surface area is 131 Å². The first-order valence-electron chi connectivity index (χ1n) is 7.53. The van der Waals surface area contributed by atoms with Gasteiger partial charge in [-0.3, -0.25) is 0 Å². The highest BCUT2D eigenvalue weighted by molar-refractivity contribution is 5.73. The molecule has 0 aromatic heterocycles. The molecule has 2 aromatic carbocycles. The lowest BCUT2D eigenvalue weighted by atomic mass is 10.0. The van der Waals surface area contributed by atoms with Crippen LogP contribution in [-0.4, -0.2) is 17.2 Å². The van der Waals surface area contributed by atoms with E-state index in [1.54, 1.807) is 0 Å². The molecule has 2 aromatic rings. The minimum atomic E-state index is -0.946. The Bertz CT molecular complexity index is 624. The summed E-state index contributed by atoms with van der Waals surface area (Å²) in [5.41, 5.74) is 4.33. The van der Waals surface area contributed by atoms with Gasteiger partial charge >= 0.3 is 5.97 Å². The molecular formula is C19H22O3. The number of ether oxygens (including phenoxy) is 1. The van der Waals surface area contributed by atoms with Gasteiger partial charge in [-0.1, -0.05) is 37.3 Å². The molecule has 3 nitrogen and oxygen atoms in total. The average Bonchev–Trinajstić information content (AvgIpc) is 2.46. The molecular weight excluding hydrogens is 276 g/mol. The molecule has 0 unspecified atom stereocenters. The van der Waals surface area contributed by atoms with Gasteiger partial charge in [-0.25, -0.2) is 4.79 Å². The first-order chi connectivity index (χ1) is 10.5. The molecule has 0 bridgehead atoms. The fourth-order valence-electron chi connectivity index (χ4n) is 2.47. The standard InChI is InChI=1S/C19H22O3/c1-4-15-5-7-16(8-6-15)12-18(19(20)21)22-17-10-13(2)9-14(3)11-17/h5-11,18H,4,12H2,1-3H3,(H,20,21)/t18-/m1/s1. The van der Waals surface area contributed by atoms with Crippen molar-refractivity contribution in [1.29, 1.82) is 0 Å². The van der Waals surface area contributed by atoms with Gasteiger partial charge < -0.3 is 9.84 Å². The summed E-state index contributed by atoms with van der Waals surface area (Å²) >= 11 is 0. The maximum Gasteiger partial charge on any atom is 0.345 e. The molecule has 0 saturated heterocycles. The molecule has 22 heavy (non-hydrogen) atoms. The fourth-order valence-corrected chi connectivity index (χ4v) is 2.47. The van der Waals surface area contributed by atoms with Gasteiger partial charge in [-0.05, 0) is 54.7 Å². The number of carboxylic acid groups (broad SMARTS) is 1. The zero-order valence-corrected chi connectivity index (χ0v) is 13.3. The first kappa shape index (κ1) is 16.1. The summed E-state index contributed by atoms with van der Waals surface area (Å²) in [4.78, 5) is 11.5. The summed E-state index contributed by atoms with van der Waals surface area (Å²) in [6.07, 6.45) is 0.447. The van der Waals surface area contributed by atoms with Crippen LogP contribution in [0.2, 0.25) is 0 Å². The lowest BCUT2D eigenvalue weighted by Gasteiger charge is -2.16. The molecule has 1 N–H and O–H groups in total. The predicted molar refractivity (Wildman–Crippen MR) is 87.5 cm³/mol. The molecule has 116 valence electrons. The van der Waals surface area contributed by atoms with E-state index in [9.17, 15) is 9.90 Å². The number of benzene rings is 2. The van der Waals surface area contributed by atoms with Crippen molar-refractivity contribution < 1.29 is 14.6 Å². The molecule has 2 rings (SSSR count). The Morgan fingerprint density at radius 1 is 1.05 bits per heavy atom. The van der Waals surface area contributed by atoms with E-state index in [-0.39, 0.29) is 0 Å². The number of carboxylic acids is 1. The third-order valence-electron chi connectivity index (χ3n) is 3.60. The molecule has 0 spiro atoms. The van der Waals surface area contributed by atoms with Crippen LogP contribution in [0.3, 0.4) is 0 Å². The summed E-state index contributed by atoms with van der Waals surface area (Å²) < 4.78 is 5.70. The number of rotatable bonds is 6. The first-order valence-corrected chi connectivity index (χ1v) is 7.53. The highest BCUT2D eigenvalue weighted by Gasteiger charge is 2.20. The molecule has 0 radical (unpaired) electrons. The van der Waals surface area contributed by atoms with E-state index in [1.807, 2.05) is 56.3 Å². The van der Waals surface area contributed by atoms with E-state index in [4.69, 9.17) is 4.74 Å². The fraction of sp³-hybridized carbons (Fsp3) is 0.316. The zero-order chi connectivity index (χ0) is 16.1. The number of hydrogen-bond donors (Lipinski definition) is 1. The Hall–Kier alpha value is -2.29. The van der Waals surface area contributed by atoms with Crippen LogP contribution in [0.15, 0.2) is 42.5 Å². The monoisotopic (exact) mass is 298 g/mol. The van der Waals surface area contributed by atoms with E-state index in [1.165, 1.54) is 5.56 Å². The van der Waals surface area contributed by atoms with Crippen molar-refractivity contribution in [3.63, 3.8) is 0 Å². The van der Waals surface area contributed by atoms with Crippen molar-refractivity contribution in [3.8, 4) is 5.75 Å². The Balaban J connectivity index is 2.13. The lowest BCUT2D eigenvalue weighted by molar-refractivity contribution is -0.145. The largest absolute Gasteiger partial charge is 0.478 e. The van der Waals surface area contributed by atoms with Crippen molar-refractivity contribution in [2.75, 3.05) is 0 Å². The number of carbonyl (C=O) groups is 1. The van der Waals surface area contributed by atoms with E-state index >= 15 is 0 Å². The van der Waals surface area contributed by atoms with Gasteiger partial charge in [0.05, 0.1) is 0 Å². The van der Waals surface area contributed by atoms with Gasteiger partial charge in [0.2, 0.25) is 0 Å². The van der Waals surface area contributed by atoms with Crippen LogP contribution in [-0.2, 0) is 17.6 Å². The van der Waals surface area contributed by atoms with Crippen LogP contribution in [0.1, 0.15) is 29.2 Å². The third kappa shape index (κ3) is 4.35. The zero-order valence-electron chi connectivity index (χ0n) is 13.3. The highest BCUT2D eigenvalue weighted by atomic mass is 16.5. The second-order valence-electron chi connectivity index (χ2n) is 5.64. The number of aryl methyl sites for hydroxylation is 3. The minimum absolute atomic E-state index is 0.353. The summed E-state index contributed by atoms with van der Waals surface area (Å²) in [5, 5.41) is 9.41. The van der Waals surface area contributed by atoms with Gasteiger partial charge in [-0.15, -0.1) is 0 Å². The van der Waals surface area contributed by atoms with Gasteiger partial charge in [0, 0.05) is 6.42 Å². The molecule has 0 saturated carbocycles. The summed E-state index contributed by atoms with van der Waals surface area (Å²) in [6, 6.07) is 13.8. The summed E-state index contributed by atoms with van der Waals surface area (Å²) in [6.45, 7) is 6.04. The second-order valence-corrected chi connectivity index (χ2v) is 5.64. The van der Waals surface area contributed by atoms with Crippen LogP contribution in [0.5, 0.6) is 5.75 Å². The van der Waals surface area contributed by atoms with Gasteiger partial charge in [-0.2, -0.15) is 0 Å². The molecule has 0 amide bonds. The van der Waals surface area contributed by atoms with Gasteiger partial charge in [0.1, 0.15) is 5.75 Å². The molecule has 3 heteroatoms. The Morgan fingerprint density at radius 2 is 1.59 bits per heavy atom. The molecule has 0 fully saturated rings. The SMILES string of the molecule is CCc1ccc(C[C@@H](Oc2cc(C)cc(C)c2)C(=O)O)cc1. The lowest BCUT2D eigenvalue weighted by Crippen LogP contribution is -2.29. The van der Waals surface area contributed by atoms with Crippen molar-refractivity contribution in [2.24, 2.45) is 0 Å². The predicted octanol–water partition coefficient (Wildman–Crippen LogP) is 3.94. The maximum absolute atomic E-state index is 11.5. The molecule has 0 aliphatic rings. The maximum atomic E-state index is 11.5. The van der Waals surface area contributed by atoms with Gasteiger partial charge in [0.25, 0.3) is 0 Å². The molecule has 0 heterocycles. The molecule has 0 aliphatic heterocycles. The van der Waals surface area contributed by atoms with E-state index < -0.39 is 12.1 Å². The molecule has 1 atom stereocenters. The summed E-state index contributed by atoms with van der Waals surface area (Å²) in [7, 11) is 0. The normalized spacial score (nSPS) is 12.0. The van der Waals surface area contributed by atoms with Crippen LogP contribution in [0, 0.1) is 13.8 Å². The van der Waals surface area contributed by atoms with E-state index in [0.717, 1.165) is 23.1 Å². The van der Waals surface area contributed by atoms with E-state index in [2.05, 4.69) is 6.92 Å². The number of hydrogen-bond acceptors (Lipinski definition) is 2. The van der Waals surface area contributed by atoms with Crippen molar-refractivity contribution >= 4 is 5.97 Å². The smallest absolute Gasteiger partial charge is 0.345 e.